The predicted molar refractivity (Wildman–Crippen MR) is 99.4 cm³/mol. The number of nitrogens with one attached hydrogen (secondary N) is 1. The molecule has 7 heteroatoms. The number of hydrogen-bond donors (Lipinski definition) is 2. The minimum absolute atomic E-state index is 0.0511. The highest BCUT2D eigenvalue weighted by Crippen LogP contribution is 2.57. The van der Waals surface area contributed by atoms with Crippen molar-refractivity contribution in [3.63, 3.8) is 0 Å². The third-order valence-corrected chi connectivity index (χ3v) is 7.30. The number of fused-ring (bicyclic) bond motifs is 1. The van der Waals surface area contributed by atoms with E-state index in [1.54, 1.807) is 11.0 Å². The van der Waals surface area contributed by atoms with E-state index in [0.717, 1.165) is 30.4 Å². The fraction of sp³-hybridized carbons (Fsp3) is 0.619. The lowest BCUT2D eigenvalue weighted by Crippen LogP contribution is -2.66. The molecule has 1 aromatic carbocycles. The van der Waals surface area contributed by atoms with Crippen molar-refractivity contribution < 1.29 is 19.1 Å². The van der Waals surface area contributed by atoms with Crippen LogP contribution in [0.5, 0.6) is 0 Å². The van der Waals surface area contributed by atoms with Gasteiger partial charge in [-0.15, -0.1) is 0 Å². The summed E-state index contributed by atoms with van der Waals surface area (Å²) in [4.78, 5) is 26.4. The van der Waals surface area contributed by atoms with Crippen molar-refractivity contribution in [2.24, 2.45) is 17.8 Å². The first-order chi connectivity index (χ1) is 13.4. The summed E-state index contributed by atoms with van der Waals surface area (Å²) in [6.07, 6.45) is 5.40. The number of carbonyl (C=O) groups excluding carboxylic acids is 1. The predicted octanol–water partition coefficient (Wildman–Crippen LogP) is 3.12. The molecule has 4 saturated carbocycles. The summed E-state index contributed by atoms with van der Waals surface area (Å²) in [6, 6.07) is 4.59. The second kappa shape index (κ2) is 6.44. The van der Waals surface area contributed by atoms with Crippen LogP contribution in [0.15, 0.2) is 18.2 Å². The highest BCUT2D eigenvalue weighted by atomic mass is 19.1. The van der Waals surface area contributed by atoms with E-state index in [2.05, 4.69) is 5.43 Å². The van der Waals surface area contributed by atoms with Gasteiger partial charge < -0.3 is 10.0 Å². The Bertz CT molecular complexity index is 792. The Hall–Kier alpha value is -2.15. The van der Waals surface area contributed by atoms with Crippen LogP contribution in [-0.4, -0.2) is 39.1 Å². The molecule has 2 amide bonds. The van der Waals surface area contributed by atoms with Gasteiger partial charge in [-0.25, -0.2) is 19.6 Å². The number of rotatable bonds is 4. The van der Waals surface area contributed by atoms with E-state index in [9.17, 15) is 19.1 Å². The summed E-state index contributed by atoms with van der Waals surface area (Å²) in [5.74, 6) is 1.40. The second-order valence-corrected chi connectivity index (χ2v) is 9.26. The smallest absolute Gasteiger partial charge is 0.422 e. The van der Waals surface area contributed by atoms with Crippen LogP contribution in [0.3, 0.4) is 0 Å². The van der Waals surface area contributed by atoms with Crippen LogP contribution in [0.4, 0.5) is 9.18 Å². The molecule has 1 aromatic rings. The zero-order valence-corrected chi connectivity index (χ0v) is 15.9. The summed E-state index contributed by atoms with van der Waals surface area (Å²) < 4.78 is 13.4. The average molecular weight is 387 g/mol. The van der Waals surface area contributed by atoms with E-state index in [1.165, 1.54) is 36.4 Å². The largest absolute Gasteiger partial charge is 0.464 e. The van der Waals surface area contributed by atoms with E-state index in [4.69, 9.17) is 0 Å². The molecule has 0 saturated heterocycles. The van der Waals surface area contributed by atoms with Gasteiger partial charge >= 0.3 is 6.09 Å². The Morgan fingerprint density at radius 2 is 1.71 bits per heavy atom. The van der Waals surface area contributed by atoms with Crippen molar-refractivity contribution in [1.29, 1.82) is 0 Å². The highest BCUT2D eigenvalue weighted by molar-refractivity contribution is 5.79. The monoisotopic (exact) mass is 387 g/mol. The average Bonchev–Trinajstić information content (AvgIpc) is 3.03. The molecule has 4 fully saturated rings. The summed E-state index contributed by atoms with van der Waals surface area (Å²) in [7, 11) is 0. The lowest BCUT2D eigenvalue weighted by Gasteiger charge is -2.59. The zero-order chi connectivity index (χ0) is 19.5. The Kier molecular flexibility index (Phi) is 4.12. The Balaban J connectivity index is 1.26. The van der Waals surface area contributed by atoms with Gasteiger partial charge in [0.25, 0.3) is 0 Å². The van der Waals surface area contributed by atoms with Gasteiger partial charge in [0.2, 0.25) is 5.91 Å². The maximum Gasteiger partial charge on any atom is 0.422 e. The van der Waals surface area contributed by atoms with Gasteiger partial charge in [-0.2, -0.15) is 0 Å². The van der Waals surface area contributed by atoms with Crippen molar-refractivity contribution in [3.05, 3.63) is 35.1 Å². The SMILES string of the molecule is O=C(CNN(C(=O)O)C12CC3CC(CC(C3)C1)C2)N1Cc2ccc(F)cc2C1. The van der Waals surface area contributed by atoms with Gasteiger partial charge in [0, 0.05) is 13.1 Å². The first-order valence-corrected chi connectivity index (χ1v) is 10.2. The Labute approximate surface area is 163 Å². The molecule has 28 heavy (non-hydrogen) atoms. The Morgan fingerprint density at radius 3 is 2.32 bits per heavy atom. The van der Waals surface area contributed by atoms with Crippen LogP contribution < -0.4 is 5.43 Å². The summed E-state index contributed by atoms with van der Waals surface area (Å²) in [6.45, 7) is 0.767. The molecule has 1 aliphatic heterocycles. The quantitative estimate of drug-likeness (QED) is 0.779. The van der Waals surface area contributed by atoms with Gasteiger partial charge in [0.1, 0.15) is 5.82 Å². The molecule has 6 nitrogen and oxygen atoms in total. The molecule has 6 rings (SSSR count). The molecule has 0 radical (unpaired) electrons. The summed E-state index contributed by atoms with van der Waals surface area (Å²) >= 11 is 0. The van der Waals surface area contributed by atoms with Crippen molar-refractivity contribution in [2.45, 2.75) is 57.2 Å². The van der Waals surface area contributed by atoms with Crippen LogP contribution in [0, 0.1) is 23.6 Å². The minimum Gasteiger partial charge on any atom is -0.464 e. The third-order valence-electron chi connectivity index (χ3n) is 7.30. The Morgan fingerprint density at radius 1 is 1.11 bits per heavy atom. The van der Waals surface area contributed by atoms with E-state index in [0.29, 0.717) is 30.8 Å². The maximum atomic E-state index is 13.4. The van der Waals surface area contributed by atoms with Crippen molar-refractivity contribution in [2.75, 3.05) is 6.54 Å². The molecule has 0 unspecified atom stereocenters. The van der Waals surface area contributed by atoms with E-state index in [1.807, 2.05) is 0 Å². The number of hydrazine groups is 1. The molecular weight excluding hydrogens is 361 g/mol. The van der Waals surface area contributed by atoms with Crippen LogP contribution in [0.1, 0.15) is 49.7 Å². The van der Waals surface area contributed by atoms with Gasteiger partial charge in [0.15, 0.2) is 0 Å². The van der Waals surface area contributed by atoms with E-state index < -0.39 is 6.09 Å². The highest BCUT2D eigenvalue weighted by Gasteiger charge is 2.55. The third kappa shape index (κ3) is 2.96. The minimum atomic E-state index is -0.999. The fourth-order valence-electron chi connectivity index (χ4n) is 6.57. The number of halogens is 1. The van der Waals surface area contributed by atoms with Crippen molar-refractivity contribution in [1.82, 2.24) is 15.3 Å². The standard InChI is InChI=1S/C21H26FN3O3/c22-18-2-1-16-11-24(12-17(16)6-18)19(26)10-23-25(20(27)28)21-7-13-3-14(8-21)5-15(4-13)9-21/h1-2,6,13-15,23H,3-5,7-12H2,(H,27,28). The normalized spacial score (nSPS) is 32.5. The number of hydrogen-bond acceptors (Lipinski definition) is 3. The molecule has 0 spiro atoms. The lowest BCUT2D eigenvalue weighted by atomic mass is 9.53. The van der Waals surface area contributed by atoms with Gasteiger partial charge in [0.05, 0.1) is 12.1 Å². The summed E-state index contributed by atoms with van der Waals surface area (Å²) in [5, 5.41) is 11.2. The topological polar surface area (TPSA) is 72.9 Å². The summed E-state index contributed by atoms with van der Waals surface area (Å²) in [5.41, 5.74) is 4.37. The molecule has 0 aromatic heterocycles. The molecular formula is C21H26FN3O3. The first-order valence-electron chi connectivity index (χ1n) is 10.2. The van der Waals surface area contributed by atoms with E-state index >= 15 is 0 Å². The molecule has 4 bridgehead atoms. The van der Waals surface area contributed by atoms with Gasteiger partial charge in [-0.05, 0) is 79.5 Å². The fourth-order valence-corrected chi connectivity index (χ4v) is 6.57. The lowest BCUT2D eigenvalue weighted by molar-refractivity contribution is -0.134. The van der Waals surface area contributed by atoms with Crippen LogP contribution >= 0.6 is 0 Å². The zero-order valence-electron chi connectivity index (χ0n) is 15.9. The molecule has 1 heterocycles. The molecule has 0 atom stereocenters. The van der Waals surface area contributed by atoms with Crippen LogP contribution in [0.2, 0.25) is 0 Å². The number of carbonyl (C=O) groups is 2. The maximum absolute atomic E-state index is 13.4. The van der Waals surface area contributed by atoms with Gasteiger partial charge in [-0.3, -0.25) is 4.79 Å². The number of benzene rings is 1. The van der Waals surface area contributed by atoms with Crippen LogP contribution in [0.25, 0.3) is 0 Å². The number of nitrogens with zero attached hydrogens (tertiary/aromatic N) is 2. The molecule has 4 aliphatic carbocycles. The molecule has 150 valence electrons. The number of amides is 2. The van der Waals surface area contributed by atoms with E-state index in [-0.39, 0.29) is 23.8 Å². The molecule has 2 N–H and O–H groups in total. The molecule has 5 aliphatic rings. The second-order valence-electron chi connectivity index (χ2n) is 9.26. The number of carboxylic acid groups (broad SMARTS) is 1. The van der Waals surface area contributed by atoms with Crippen LogP contribution in [-0.2, 0) is 17.9 Å². The first kappa shape index (κ1) is 17.9. The van der Waals surface area contributed by atoms with Crippen molar-refractivity contribution in [3.8, 4) is 0 Å². The van der Waals surface area contributed by atoms with Gasteiger partial charge in [-0.1, -0.05) is 6.07 Å². The van der Waals surface area contributed by atoms with Crippen molar-refractivity contribution >= 4 is 12.0 Å².